The fraction of sp³-hybridized carbons (Fsp3) is 0.125. The minimum Gasteiger partial charge on any atom is -0.461 e. The number of benzene rings is 1. The zero-order valence-electron chi connectivity index (χ0n) is 13.8. The molecule has 0 bridgehead atoms. The van der Waals surface area contributed by atoms with Gasteiger partial charge in [-0.25, -0.2) is 18.6 Å². The van der Waals surface area contributed by atoms with Gasteiger partial charge in [0.05, 0.1) is 6.61 Å². The molecule has 0 radical (unpaired) electrons. The summed E-state index contributed by atoms with van der Waals surface area (Å²) < 4.78 is 35.9. The van der Waals surface area contributed by atoms with Gasteiger partial charge in [-0.3, -0.25) is 4.79 Å². The Hall–Kier alpha value is -3.34. The molecule has 3 rings (SSSR count). The van der Waals surface area contributed by atoms with E-state index >= 15 is 0 Å². The summed E-state index contributed by atoms with van der Waals surface area (Å²) in [5.41, 5.74) is 5.83. The number of hydrogen-bond acceptors (Lipinski definition) is 9. The van der Waals surface area contributed by atoms with Crippen LogP contribution in [0.3, 0.4) is 0 Å². The SMILES string of the molecule is CCOC(=O)c1cc(C(=O)c2sc(Nc3ccc(F)c(F)c3)nc2N)on1. The average molecular weight is 394 g/mol. The first-order valence-corrected chi connectivity index (χ1v) is 8.37. The highest BCUT2D eigenvalue weighted by atomic mass is 32.1. The standard InChI is InChI=1S/C16H12F2N4O4S/c1-2-25-15(24)10-6-11(26-22-10)12(23)13-14(19)21-16(27-13)20-7-3-4-8(17)9(18)5-7/h3-6H,2,19H2,1H3,(H,20,21). The molecule has 2 aromatic heterocycles. The number of aromatic nitrogens is 2. The first-order chi connectivity index (χ1) is 12.9. The molecule has 0 amide bonds. The van der Waals surface area contributed by atoms with E-state index in [1.54, 1.807) is 6.92 Å². The van der Waals surface area contributed by atoms with Crippen molar-refractivity contribution in [3.05, 3.63) is 52.2 Å². The lowest BCUT2D eigenvalue weighted by Crippen LogP contribution is -2.05. The van der Waals surface area contributed by atoms with Gasteiger partial charge in [0, 0.05) is 17.8 Å². The second-order valence-corrected chi connectivity index (χ2v) is 6.11. The van der Waals surface area contributed by atoms with Crippen LogP contribution in [0.25, 0.3) is 0 Å². The van der Waals surface area contributed by atoms with Crippen molar-refractivity contribution in [1.29, 1.82) is 0 Å². The average Bonchev–Trinajstić information content (AvgIpc) is 3.25. The van der Waals surface area contributed by atoms with Crippen LogP contribution in [0.4, 0.5) is 25.4 Å². The van der Waals surface area contributed by atoms with Crippen molar-refractivity contribution in [2.45, 2.75) is 6.92 Å². The number of nitrogens with two attached hydrogens (primary N) is 1. The maximum absolute atomic E-state index is 13.3. The molecule has 0 atom stereocenters. The molecule has 0 fully saturated rings. The third-order valence-corrected chi connectivity index (χ3v) is 4.23. The van der Waals surface area contributed by atoms with E-state index < -0.39 is 23.4 Å². The molecular formula is C16H12F2N4O4S. The van der Waals surface area contributed by atoms with Crippen molar-refractivity contribution < 1.29 is 27.6 Å². The van der Waals surface area contributed by atoms with Gasteiger partial charge in [-0.05, 0) is 19.1 Å². The molecule has 11 heteroatoms. The lowest BCUT2D eigenvalue weighted by molar-refractivity contribution is 0.0514. The predicted octanol–water partition coefficient (Wildman–Crippen LogP) is 3.14. The molecule has 140 valence electrons. The summed E-state index contributed by atoms with van der Waals surface area (Å²) in [5, 5.41) is 6.40. The van der Waals surface area contributed by atoms with Crippen LogP contribution in [-0.4, -0.2) is 28.5 Å². The number of nitrogens with zero attached hydrogens (tertiary/aromatic N) is 2. The predicted molar refractivity (Wildman–Crippen MR) is 92.1 cm³/mol. The van der Waals surface area contributed by atoms with Gasteiger partial charge >= 0.3 is 5.97 Å². The Kier molecular flexibility index (Phi) is 5.12. The number of ether oxygens (including phenoxy) is 1. The third-order valence-electron chi connectivity index (χ3n) is 3.25. The van der Waals surface area contributed by atoms with Crippen LogP contribution in [0, 0.1) is 11.6 Å². The van der Waals surface area contributed by atoms with Gasteiger partial charge in [0.1, 0.15) is 10.7 Å². The quantitative estimate of drug-likeness (QED) is 0.483. The molecule has 0 unspecified atom stereocenters. The highest BCUT2D eigenvalue weighted by Crippen LogP contribution is 2.30. The summed E-state index contributed by atoms with van der Waals surface area (Å²) in [4.78, 5) is 28.1. The summed E-state index contributed by atoms with van der Waals surface area (Å²) in [6, 6.07) is 4.34. The second kappa shape index (κ2) is 7.50. The number of anilines is 3. The van der Waals surface area contributed by atoms with E-state index in [-0.39, 0.29) is 39.6 Å². The van der Waals surface area contributed by atoms with E-state index in [4.69, 9.17) is 15.0 Å². The van der Waals surface area contributed by atoms with Gasteiger partial charge in [-0.1, -0.05) is 16.5 Å². The van der Waals surface area contributed by atoms with Crippen molar-refractivity contribution in [2.24, 2.45) is 0 Å². The largest absolute Gasteiger partial charge is 0.461 e. The Bertz CT molecular complexity index is 1020. The molecule has 27 heavy (non-hydrogen) atoms. The van der Waals surface area contributed by atoms with Crippen LogP contribution in [0.1, 0.15) is 32.8 Å². The number of halogens is 2. The molecule has 0 saturated carbocycles. The molecule has 0 saturated heterocycles. The van der Waals surface area contributed by atoms with Crippen LogP contribution in [0.2, 0.25) is 0 Å². The minimum absolute atomic E-state index is 0.0339. The highest BCUT2D eigenvalue weighted by molar-refractivity contribution is 7.18. The van der Waals surface area contributed by atoms with E-state index in [9.17, 15) is 18.4 Å². The van der Waals surface area contributed by atoms with Crippen LogP contribution in [0.15, 0.2) is 28.8 Å². The number of ketones is 1. The van der Waals surface area contributed by atoms with Gasteiger partial charge in [0.15, 0.2) is 22.5 Å². The van der Waals surface area contributed by atoms with Gasteiger partial charge in [-0.15, -0.1) is 0 Å². The summed E-state index contributed by atoms with van der Waals surface area (Å²) in [6.07, 6.45) is 0. The summed E-state index contributed by atoms with van der Waals surface area (Å²) in [6.45, 7) is 1.78. The first-order valence-electron chi connectivity index (χ1n) is 7.56. The molecule has 2 heterocycles. The Balaban J connectivity index is 1.80. The fourth-order valence-corrected chi connectivity index (χ4v) is 2.89. The number of esters is 1. The first kappa shape index (κ1) is 18.5. The highest BCUT2D eigenvalue weighted by Gasteiger charge is 2.24. The van der Waals surface area contributed by atoms with E-state index in [0.29, 0.717) is 0 Å². The van der Waals surface area contributed by atoms with Gasteiger partial charge in [0.25, 0.3) is 0 Å². The maximum Gasteiger partial charge on any atom is 0.360 e. The minimum atomic E-state index is -1.03. The Morgan fingerprint density at radius 2 is 2.07 bits per heavy atom. The van der Waals surface area contributed by atoms with Crippen LogP contribution < -0.4 is 11.1 Å². The van der Waals surface area contributed by atoms with Crippen molar-refractivity contribution in [3.63, 3.8) is 0 Å². The number of nitrogens with one attached hydrogen (secondary N) is 1. The van der Waals surface area contributed by atoms with E-state index in [0.717, 1.165) is 29.5 Å². The zero-order chi connectivity index (χ0) is 19.6. The van der Waals surface area contributed by atoms with Crippen LogP contribution in [-0.2, 0) is 4.74 Å². The van der Waals surface area contributed by atoms with Crippen molar-refractivity contribution in [3.8, 4) is 0 Å². The number of rotatable bonds is 6. The molecule has 0 aliphatic heterocycles. The molecule has 3 N–H and O–H groups in total. The van der Waals surface area contributed by atoms with Gasteiger partial charge in [0.2, 0.25) is 11.5 Å². The number of thiazole rings is 1. The molecule has 0 spiro atoms. The number of carbonyl (C=O) groups is 2. The summed E-state index contributed by atoms with van der Waals surface area (Å²) >= 11 is 0.878. The molecule has 0 aliphatic carbocycles. The van der Waals surface area contributed by atoms with Crippen molar-refractivity contribution in [2.75, 3.05) is 17.7 Å². The molecule has 3 aromatic rings. The molecule has 1 aromatic carbocycles. The number of carbonyl (C=O) groups excluding carboxylic acids is 2. The van der Waals surface area contributed by atoms with Gasteiger partial charge in [-0.2, -0.15) is 0 Å². The van der Waals surface area contributed by atoms with Crippen molar-refractivity contribution in [1.82, 2.24) is 10.1 Å². The van der Waals surface area contributed by atoms with E-state index in [2.05, 4.69) is 15.5 Å². The van der Waals surface area contributed by atoms with Crippen LogP contribution in [0.5, 0.6) is 0 Å². The Labute approximate surface area is 154 Å². The monoisotopic (exact) mass is 394 g/mol. The smallest absolute Gasteiger partial charge is 0.360 e. The lowest BCUT2D eigenvalue weighted by atomic mass is 10.2. The fourth-order valence-electron chi connectivity index (χ4n) is 2.04. The maximum atomic E-state index is 13.3. The summed E-state index contributed by atoms with van der Waals surface area (Å²) in [7, 11) is 0. The normalized spacial score (nSPS) is 10.6. The lowest BCUT2D eigenvalue weighted by Gasteiger charge is -2.02. The van der Waals surface area contributed by atoms with Crippen molar-refractivity contribution >= 4 is 39.7 Å². The summed E-state index contributed by atoms with van der Waals surface area (Å²) in [5.74, 6) is -3.69. The Morgan fingerprint density at radius 3 is 2.78 bits per heavy atom. The van der Waals surface area contributed by atoms with E-state index in [1.165, 1.54) is 6.07 Å². The molecular weight excluding hydrogens is 382 g/mol. The Morgan fingerprint density at radius 1 is 1.30 bits per heavy atom. The van der Waals surface area contributed by atoms with Gasteiger partial charge < -0.3 is 20.3 Å². The van der Waals surface area contributed by atoms with Crippen LogP contribution >= 0.6 is 11.3 Å². The second-order valence-electron chi connectivity index (χ2n) is 5.11. The molecule has 8 nitrogen and oxygen atoms in total. The zero-order valence-corrected chi connectivity index (χ0v) is 14.6. The van der Waals surface area contributed by atoms with E-state index in [1.807, 2.05) is 0 Å². The number of hydrogen-bond donors (Lipinski definition) is 2. The third kappa shape index (κ3) is 3.92. The topological polar surface area (TPSA) is 120 Å². The molecule has 0 aliphatic rings. The number of nitrogen functional groups attached to an aromatic ring is 1.